The molecule has 0 aliphatic heterocycles. The monoisotopic (exact) mass is 381 g/mol. The zero-order chi connectivity index (χ0) is 18.7. The zero-order valence-corrected chi connectivity index (χ0v) is 15.0. The molecular formula is C19H21F2NO3S. The Labute approximate surface area is 151 Å². The van der Waals surface area contributed by atoms with E-state index in [1.54, 1.807) is 0 Å². The Balaban J connectivity index is 1.79. The van der Waals surface area contributed by atoms with Gasteiger partial charge in [-0.05, 0) is 55.0 Å². The Kier molecular flexibility index (Phi) is 5.70. The summed E-state index contributed by atoms with van der Waals surface area (Å²) in [4.78, 5) is 0.0958. The first-order valence-electron chi connectivity index (χ1n) is 8.59. The summed E-state index contributed by atoms with van der Waals surface area (Å²) in [5.41, 5.74) is 0.683. The summed E-state index contributed by atoms with van der Waals surface area (Å²) >= 11 is 0. The van der Waals surface area contributed by atoms with Gasteiger partial charge in [-0.3, -0.25) is 0 Å². The molecule has 2 aromatic carbocycles. The number of aliphatic hydroxyl groups is 1. The predicted octanol–water partition coefficient (Wildman–Crippen LogP) is 3.46. The predicted molar refractivity (Wildman–Crippen MR) is 94.9 cm³/mol. The van der Waals surface area contributed by atoms with Crippen LogP contribution in [0.4, 0.5) is 8.78 Å². The quantitative estimate of drug-likeness (QED) is 0.805. The SMILES string of the molecule is O=S(=O)(NC1CCC[C@@H]1CCO)c1ccc(-c2ccc(F)cc2F)cc1. The smallest absolute Gasteiger partial charge is 0.240 e. The molecule has 3 rings (SSSR count). The molecule has 0 amide bonds. The average Bonchev–Trinajstić information content (AvgIpc) is 3.02. The second kappa shape index (κ2) is 7.82. The van der Waals surface area contributed by atoms with E-state index in [9.17, 15) is 17.2 Å². The lowest BCUT2D eigenvalue weighted by atomic mass is 10.0. The Morgan fingerprint density at radius 1 is 1.08 bits per heavy atom. The molecule has 0 heterocycles. The van der Waals surface area contributed by atoms with E-state index < -0.39 is 21.7 Å². The second-order valence-corrected chi connectivity index (χ2v) is 8.29. The largest absolute Gasteiger partial charge is 0.396 e. The van der Waals surface area contributed by atoms with Crippen molar-refractivity contribution in [1.29, 1.82) is 0 Å². The minimum absolute atomic E-state index is 0.0425. The van der Waals surface area contributed by atoms with Crippen LogP contribution in [0.1, 0.15) is 25.7 Å². The molecule has 0 spiro atoms. The van der Waals surface area contributed by atoms with E-state index in [4.69, 9.17) is 5.11 Å². The van der Waals surface area contributed by atoms with Crippen molar-refractivity contribution in [3.8, 4) is 11.1 Å². The molecule has 26 heavy (non-hydrogen) atoms. The third-order valence-corrected chi connectivity index (χ3v) is 6.38. The van der Waals surface area contributed by atoms with Crippen LogP contribution in [-0.2, 0) is 10.0 Å². The van der Waals surface area contributed by atoms with Crippen molar-refractivity contribution in [1.82, 2.24) is 4.72 Å². The van der Waals surface area contributed by atoms with Crippen LogP contribution in [0.15, 0.2) is 47.4 Å². The lowest BCUT2D eigenvalue weighted by molar-refractivity contribution is 0.248. The van der Waals surface area contributed by atoms with Gasteiger partial charge in [-0.15, -0.1) is 0 Å². The van der Waals surface area contributed by atoms with E-state index in [2.05, 4.69) is 4.72 Å². The number of benzene rings is 2. The number of hydrogen-bond donors (Lipinski definition) is 2. The van der Waals surface area contributed by atoms with Crippen LogP contribution >= 0.6 is 0 Å². The van der Waals surface area contributed by atoms with Crippen LogP contribution in [0, 0.1) is 17.6 Å². The lowest BCUT2D eigenvalue weighted by Gasteiger charge is -2.20. The van der Waals surface area contributed by atoms with E-state index in [0.29, 0.717) is 12.0 Å². The summed E-state index contributed by atoms with van der Waals surface area (Å²) in [5.74, 6) is -1.22. The van der Waals surface area contributed by atoms with Crippen molar-refractivity contribution in [3.05, 3.63) is 54.1 Å². The van der Waals surface area contributed by atoms with Crippen molar-refractivity contribution in [2.24, 2.45) is 5.92 Å². The number of rotatable bonds is 6. The van der Waals surface area contributed by atoms with Gasteiger partial charge in [0.05, 0.1) is 4.90 Å². The normalized spacial score (nSPS) is 20.4. The van der Waals surface area contributed by atoms with Crippen LogP contribution in [0.2, 0.25) is 0 Å². The maximum absolute atomic E-state index is 13.9. The molecule has 0 aromatic heterocycles. The molecule has 4 nitrogen and oxygen atoms in total. The Morgan fingerprint density at radius 3 is 2.46 bits per heavy atom. The van der Waals surface area contributed by atoms with Gasteiger partial charge >= 0.3 is 0 Å². The molecule has 1 aliphatic carbocycles. The van der Waals surface area contributed by atoms with E-state index in [-0.39, 0.29) is 29.0 Å². The maximum Gasteiger partial charge on any atom is 0.240 e. The third-order valence-electron chi connectivity index (χ3n) is 4.87. The van der Waals surface area contributed by atoms with Crippen molar-refractivity contribution < 1.29 is 22.3 Å². The molecule has 2 aromatic rings. The summed E-state index contributed by atoms with van der Waals surface area (Å²) < 4.78 is 54.8. The fourth-order valence-electron chi connectivity index (χ4n) is 3.51. The molecule has 1 fully saturated rings. The highest BCUT2D eigenvalue weighted by molar-refractivity contribution is 7.89. The molecule has 140 valence electrons. The van der Waals surface area contributed by atoms with Crippen LogP contribution in [0.25, 0.3) is 11.1 Å². The third kappa shape index (κ3) is 4.11. The number of halogens is 2. The molecule has 2 atom stereocenters. The van der Waals surface area contributed by atoms with Crippen LogP contribution in [-0.4, -0.2) is 26.2 Å². The van der Waals surface area contributed by atoms with Gasteiger partial charge in [0.25, 0.3) is 0 Å². The summed E-state index contributed by atoms with van der Waals surface area (Å²) in [6, 6.07) is 8.93. The van der Waals surface area contributed by atoms with E-state index in [1.165, 1.54) is 30.3 Å². The van der Waals surface area contributed by atoms with Gasteiger partial charge < -0.3 is 5.11 Å². The summed E-state index contributed by atoms with van der Waals surface area (Å²) in [6.07, 6.45) is 3.16. The molecule has 2 N–H and O–H groups in total. The van der Waals surface area contributed by atoms with Gasteiger partial charge in [0.1, 0.15) is 11.6 Å². The molecule has 7 heteroatoms. The minimum atomic E-state index is -3.70. The molecule has 1 saturated carbocycles. The molecular weight excluding hydrogens is 360 g/mol. The zero-order valence-electron chi connectivity index (χ0n) is 14.2. The summed E-state index contributed by atoms with van der Waals surface area (Å²) in [5, 5.41) is 9.11. The Bertz CT molecular complexity index is 869. The first-order chi connectivity index (χ1) is 12.4. The molecule has 0 saturated heterocycles. The number of nitrogens with one attached hydrogen (secondary N) is 1. The fourth-order valence-corrected chi connectivity index (χ4v) is 4.85. The van der Waals surface area contributed by atoms with Gasteiger partial charge in [0.2, 0.25) is 10.0 Å². The Hall–Kier alpha value is -1.83. The lowest BCUT2D eigenvalue weighted by Crippen LogP contribution is -2.37. The number of aliphatic hydroxyl groups excluding tert-OH is 1. The molecule has 1 unspecified atom stereocenters. The second-order valence-electron chi connectivity index (χ2n) is 6.58. The summed E-state index contributed by atoms with van der Waals surface area (Å²) in [6.45, 7) is 0.0425. The summed E-state index contributed by atoms with van der Waals surface area (Å²) in [7, 11) is -3.70. The van der Waals surface area contributed by atoms with E-state index >= 15 is 0 Å². The van der Waals surface area contributed by atoms with Gasteiger partial charge in [0, 0.05) is 24.3 Å². The first-order valence-corrected chi connectivity index (χ1v) is 10.1. The van der Waals surface area contributed by atoms with Crippen molar-refractivity contribution in [2.75, 3.05) is 6.61 Å². The van der Waals surface area contributed by atoms with Gasteiger partial charge in [0.15, 0.2) is 0 Å². The highest BCUT2D eigenvalue weighted by Gasteiger charge is 2.30. The Morgan fingerprint density at radius 2 is 1.81 bits per heavy atom. The van der Waals surface area contributed by atoms with Gasteiger partial charge in [-0.1, -0.05) is 18.6 Å². The highest BCUT2D eigenvalue weighted by Crippen LogP contribution is 2.30. The van der Waals surface area contributed by atoms with Crippen LogP contribution < -0.4 is 4.72 Å². The first kappa shape index (κ1) is 18.9. The number of hydrogen-bond acceptors (Lipinski definition) is 3. The minimum Gasteiger partial charge on any atom is -0.396 e. The average molecular weight is 381 g/mol. The maximum atomic E-state index is 13.9. The van der Waals surface area contributed by atoms with Gasteiger partial charge in [-0.25, -0.2) is 21.9 Å². The van der Waals surface area contributed by atoms with E-state index in [0.717, 1.165) is 31.4 Å². The molecule has 0 radical (unpaired) electrons. The van der Waals surface area contributed by atoms with Crippen molar-refractivity contribution in [2.45, 2.75) is 36.6 Å². The van der Waals surface area contributed by atoms with Crippen molar-refractivity contribution in [3.63, 3.8) is 0 Å². The molecule has 1 aliphatic rings. The number of sulfonamides is 1. The fraction of sp³-hybridized carbons (Fsp3) is 0.368. The standard InChI is InChI=1S/C19H21F2NO3S/c20-15-6-9-17(18(21)12-15)13-4-7-16(8-5-13)26(24,25)22-19-3-1-2-14(19)10-11-23/h4-9,12,14,19,22-23H,1-3,10-11H2/t14-,19?/m1/s1. The van der Waals surface area contributed by atoms with Crippen molar-refractivity contribution >= 4 is 10.0 Å². The van der Waals surface area contributed by atoms with Crippen LogP contribution in [0.5, 0.6) is 0 Å². The molecule has 0 bridgehead atoms. The van der Waals surface area contributed by atoms with E-state index in [1.807, 2.05) is 0 Å². The van der Waals surface area contributed by atoms with Gasteiger partial charge in [-0.2, -0.15) is 0 Å². The topological polar surface area (TPSA) is 66.4 Å². The van der Waals surface area contributed by atoms with Crippen LogP contribution in [0.3, 0.4) is 0 Å². The highest BCUT2D eigenvalue weighted by atomic mass is 32.2.